The number of aliphatic hydroxyl groups is 1. The quantitative estimate of drug-likeness (QED) is 0.799. The van der Waals surface area contributed by atoms with Crippen LogP contribution in [-0.4, -0.2) is 29.8 Å². The maximum Gasteiger partial charge on any atom is 0.106 e. The van der Waals surface area contributed by atoms with Gasteiger partial charge in [0.1, 0.15) is 5.52 Å². The minimum Gasteiger partial charge on any atom is -0.396 e. The van der Waals surface area contributed by atoms with Crippen LogP contribution in [-0.2, 0) is 0 Å². The van der Waals surface area contributed by atoms with Gasteiger partial charge in [-0.3, -0.25) is 0 Å². The van der Waals surface area contributed by atoms with Crippen molar-refractivity contribution in [3.8, 4) is 0 Å². The van der Waals surface area contributed by atoms with Gasteiger partial charge in [-0.2, -0.15) is 0 Å². The molecule has 92 valence electrons. The van der Waals surface area contributed by atoms with Crippen LogP contribution in [0.25, 0.3) is 10.2 Å². The molecule has 0 amide bonds. The molecule has 1 aromatic heterocycles. The van der Waals surface area contributed by atoms with Crippen LogP contribution in [0.1, 0.15) is 13.3 Å². The van der Waals surface area contributed by atoms with Crippen molar-refractivity contribution in [3.05, 3.63) is 17.6 Å². The zero-order valence-electron chi connectivity index (χ0n) is 9.89. The molecule has 0 saturated carbocycles. The van der Waals surface area contributed by atoms with Crippen LogP contribution in [0.4, 0.5) is 11.4 Å². The number of nitrogen functional groups attached to an aromatic ring is 1. The Morgan fingerprint density at radius 3 is 3.00 bits per heavy atom. The number of thiazole rings is 1. The molecule has 0 aliphatic rings. The summed E-state index contributed by atoms with van der Waals surface area (Å²) in [5, 5.41) is 8.90. The Bertz CT molecular complexity index is 497. The first-order valence-corrected chi connectivity index (χ1v) is 6.63. The fourth-order valence-electron chi connectivity index (χ4n) is 1.93. The molecule has 1 aromatic carbocycles. The molecular formula is C12H17N3OS. The summed E-state index contributed by atoms with van der Waals surface area (Å²) in [7, 11) is 0. The van der Waals surface area contributed by atoms with E-state index in [9.17, 15) is 0 Å². The number of hydrogen-bond donors (Lipinski definition) is 2. The van der Waals surface area contributed by atoms with Gasteiger partial charge in [-0.25, -0.2) is 4.98 Å². The zero-order chi connectivity index (χ0) is 12.3. The van der Waals surface area contributed by atoms with Crippen molar-refractivity contribution < 1.29 is 5.11 Å². The van der Waals surface area contributed by atoms with E-state index in [1.54, 1.807) is 11.3 Å². The minimum absolute atomic E-state index is 0.204. The van der Waals surface area contributed by atoms with Crippen LogP contribution in [0.3, 0.4) is 0 Å². The monoisotopic (exact) mass is 251 g/mol. The number of benzene rings is 1. The Morgan fingerprint density at radius 1 is 1.47 bits per heavy atom. The first-order chi connectivity index (χ1) is 8.27. The number of anilines is 2. The molecule has 2 rings (SSSR count). The Labute approximate surface area is 105 Å². The Balaban J connectivity index is 2.35. The lowest BCUT2D eigenvalue weighted by atomic mass is 10.2. The molecule has 5 heteroatoms. The van der Waals surface area contributed by atoms with Gasteiger partial charge in [-0.05, 0) is 25.5 Å². The number of rotatable bonds is 5. The third-order valence-electron chi connectivity index (χ3n) is 2.83. The molecule has 0 aliphatic carbocycles. The minimum atomic E-state index is 0.204. The number of aliphatic hydroxyl groups excluding tert-OH is 1. The van der Waals surface area contributed by atoms with Crippen molar-refractivity contribution in [2.75, 3.05) is 30.3 Å². The van der Waals surface area contributed by atoms with E-state index in [0.29, 0.717) is 0 Å². The van der Waals surface area contributed by atoms with Crippen molar-refractivity contribution in [1.82, 2.24) is 4.98 Å². The maximum atomic E-state index is 8.90. The highest BCUT2D eigenvalue weighted by Crippen LogP contribution is 2.32. The van der Waals surface area contributed by atoms with Gasteiger partial charge < -0.3 is 15.7 Å². The predicted octanol–water partition coefficient (Wildman–Crippen LogP) is 2.09. The Hall–Kier alpha value is -1.33. The molecule has 17 heavy (non-hydrogen) atoms. The van der Waals surface area contributed by atoms with E-state index >= 15 is 0 Å². The molecule has 0 aliphatic heterocycles. The summed E-state index contributed by atoms with van der Waals surface area (Å²) in [5.74, 6) is 0. The first kappa shape index (κ1) is 12.1. The highest BCUT2D eigenvalue weighted by molar-refractivity contribution is 7.16. The molecule has 0 fully saturated rings. The van der Waals surface area contributed by atoms with Crippen LogP contribution >= 0.6 is 11.3 Å². The number of nitrogens with zero attached hydrogens (tertiary/aromatic N) is 2. The Kier molecular flexibility index (Phi) is 3.81. The number of fused-ring (bicyclic) bond motifs is 1. The van der Waals surface area contributed by atoms with Gasteiger partial charge in [-0.1, -0.05) is 0 Å². The fourth-order valence-corrected chi connectivity index (χ4v) is 2.62. The Morgan fingerprint density at radius 2 is 2.29 bits per heavy atom. The molecule has 4 nitrogen and oxygen atoms in total. The third-order valence-corrected chi connectivity index (χ3v) is 3.62. The first-order valence-electron chi connectivity index (χ1n) is 5.75. The van der Waals surface area contributed by atoms with E-state index in [2.05, 4.69) is 22.9 Å². The zero-order valence-corrected chi connectivity index (χ0v) is 10.7. The number of aromatic nitrogens is 1. The smallest absolute Gasteiger partial charge is 0.106 e. The highest BCUT2D eigenvalue weighted by atomic mass is 32.1. The second-order valence-corrected chi connectivity index (χ2v) is 4.74. The van der Waals surface area contributed by atoms with Crippen LogP contribution in [0, 0.1) is 0 Å². The molecule has 2 aromatic rings. The largest absolute Gasteiger partial charge is 0.396 e. The van der Waals surface area contributed by atoms with Gasteiger partial charge in [0, 0.05) is 19.7 Å². The predicted molar refractivity (Wildman–Crippen MR) is 73.6 cm³/mol. The molecule has 0 spiro atoms. The van der Waals surface area contributed by atoms with Gasteiger partial charge >= 0.3 is 0 Å². The normalized spacial score (nSPS) is 10.9. The summed E-state index contributed by atoms with van der Waals surface area (Å²) in [6.45, 7) is 3.98. The van der Waals surface area contributed by atoms with Crippen LogP contribution in [0.15, 0.2) is 17.6 Å². The average molecular weight is 251 g/mol. The van der Waals surface area contributed by atoms with Gasteiger partial charge in [0.25, 0.3) is 0 Å². The van der Waals surface area contributed by atoms with E-state index in [4.69, 9.17) is 10.8 Å². The summed E-state index contributed by atoms with van der Waals surface area (Å²) < 4.78 is 1.12. The van der Waals surface area contributed by atoms with E-state index in [1.165, 1.54) is 0 Å². The topological polar surface area (TPSA) is 62.4 Å². The lowest BCUT2D eigenvalue weighted by molar-refractivity contribution is 0.289. The molecule has 0 bridgehead atoms. The van der Waals surface area contributed by atoms with Crippen molar-refractivity contribution in [1.29, 1.82) is 0 Å². The van der Waals surface area contributed by atoms with Crippen molar-refractivity contribution in [2.45, 2.75) is 13.3 Å². The second-order valence-electron chi connectivity index (χ2n) is 3.85. The van der Waals surface area contributed by atoms with Crippen LogP contribution < -0.4 is 10.6 Å². The van der Waals surface area contributed by atoms with E-state index in [-0.39, 0.29) is 6.61 Å². The molecule has 0 unspecified atom stereocenters. The molecule has 1 heterocycles. The van der Waals surface area contributed by atoms with Crippen LogP contribution in [0.5, 0.6) is 0 Å². The average Bonchev–Trinajstić information content (AvgIpc) is 2.81. The van der Waals surface area contributed by atoms with E-state index in [1.807, 2.05) is 11.6 Å². The molecule has 0 atom stereocenters. The van der Waals surface area contributed by atoms with Crippen LogP contribution in [0.2, 0.25) is 0 Å². The second kappa shape index (κ2) is 5.33. The number of hydrogen-bond acceptors (Lipinski definition) is 5. The van der Waals surface area contributed by atoms with Gasteiger partial charge in [0.05, 0.1) is 21.6 Å². The van der Waals surface area contributed by atoms with Gasteiger partial charge in [0.2, 0.25) is 0 Å². The lowest BCUT2D eigenvalue weighted by Gasteiger charge is -2.24. The van der Waals surface area contributed by atoms with Gasteiger partial charge in [0.15, 0.2) is 0 Å². The molecule has 0 radical (unpaired) electrons. The summed E-state index contributed by atoms with van der Waals surface area (Å²) in [5.41, 5.74) is 10.6. The van der Waals surface area contributed by atoms with Crippen molar-refractivity contribution >= 4 is 32.9 Å². The summed E-state index contributed by atoms with van der Waals surface area (Å²) in [6, 6.07) is 4.09. The van der Waals surface area contributed by atoms with E-state index in [0.717, 1.165) is 41.1 Å². The van der Waals surface area contributed by atoms with Gasteiger partial charge in [-0.15, -0.1) is 11.3 Å². The van der Waals surface area contributed by atoms with Crippen molar-refractivity contribution in [3.63, 3.8) is 0 Å². The third kappa shape index (κ3) is 2.35. The summed E-state index contributed by atoms with van der Waals surface area (Å²) in [4.78, 5) is 6.46. The molecule has 3 N–H and O–H groups in total. The lowest BCUT2D eigenvalue weighted by Crippen LogP contribution is -2.25. The molecule has 0 saturated heterocycles. The maximum absolute atomic E-state index is 8.90. The summed E-state index contributed by atoms with van der Waals surface area (Å²) >= 11 is 1.60. The van der Waals surface area contributed by atoms with E-state index < -0.39 is 0 Å². The summed E-state index contributed by atoms with van der Waals surface area (Å²) in [6.07, 6.45) is 0.752. The standard InChI is InChI=1S/C12H17N3OS/c1-2-15(6-3-7-16)9-4-5-10-12(11(9)13)14-8-17-10/h4-5,8,16H,2-3,6-7,13H2,1H3. The molecular weight excluding hydrogens is 234 g/mol. The SMILES string of the molecule is CCN(CCCO)c1ccc2scnc2c1N. The fraction of sp³-hybridized carbons (Fsp3) is 0.417. The highest BCUT2D eigenvalue weighted by Gasteiger charge is 2.11. The van der Waals surface area contributed by atoms with Crippen molar-refractivity contribution in [2.24, 2.45) is 0 Å². The number of nitrogens with two attached hydrogens (primary N) is 1.